The van der Waals surface area contributed by atoms with E-state index in [-0.39, 0.29) is 0 Å². The molecule has 0 amide bonds. The monoisotopic (exact) mass is 621 g/mol. The number of aryl methyl sites for hydroxylation is 1. The van der Waals surface area contributed by atoms with Gasteiger partial charge in [-0.05, 0) is 48.2 Å². The molecule has 5 heteroatoms. The first-order chi connectivity index (χ1) is 23.7. The van der Waals surface area contributed by atoms with Gasteiger partial charge in [-0.3, -0.25) is 0 Å². The van der Waals surface area contributed by atoms with Crippen molar-refractivity contribution in [2.45, 2.75) is 26.2 Å². The van der Waals surface area contributed by atoms with E-state index in [0.717, 1.165) is 84.5 Å². The number of benzene rings is 6. The highest BCUT2D eigenvalue weighted by Crippen LogP contribution is 2.40. The van der Waals surface area contributed by atoms with E-state index in [1.807, 2.05) is 60.7 Å². The second-order valence-electron chi connectivity index (χ2n) is 12.2. The molecule has 0 bridgehead atoms. The lowest BCUT2D eigenvalue weighted by Gasteiger charge is -2.09. The number of hydrogen-bond acceptors (Lipinski definition) is 5. The SMILES string of the molecule is CCCCc1ccc2c(c1)oc1cc(-c3nc(-c4ccccc4)nc(-c4cccc5oc6c(-c7ccccc7)cccc6c45)n3)ccc12. The number of para-hydroxylation sites is 1. The Morgan fingerprint density at radius 3 is 1.94 bits per heavy atom. The Balaban J connectivity index is 1.23. The molecule has 9 aromatic rings. The summed E-state index contributed by atoms with van der Waals surface area (Å²) in [4.78, 5) is 15.2. The quantitative estimate of drug-likeness (QED) is 0.177. The summed E-state index contributed by atoms with van der Waals surface area (Å²) in [6, 6.07) is 45.6. The van der Waals surface area contributed by atoms with Crippen LogP contribution in [0.1, 0.15) is 25.3 Å². The van der Waals surface area contributed by atoms with Gasteiger partial charge in [0.05, 0.1) is 0 Å². The maximum absolute atomic E-state index is 6.55. The standard InChI is InChI=1S/C43H31N3O2/c1-2-3-12-27-21-23-32-33-24-22-30(26-38(33)47-37(32)25-27)42-44-41(29-15-8-5-9-16-29)45-43(46-42)35-19-11-20-36-39(35)34-18-10-17-31(40(34)48-36)28-13-6-4-7-14-28/h4-11,13-26H,2-3,12H2,1H3. The predicted octanol–water partition coefficient (Wildman–Crippen LogP) is 11.7. The molecule has 48 heavy (non-hydrogen) atoms. The van der Waals surface area contributed by atoms with Crippen molar-refractivity contribution in [1.29, 1.82) is 0 Å². The van der Waals surface area contributed by atoms with Gasteiger partial charge >= 0.3 is 0 Å². The first-order valence-corrected chi connectivity index (χ1v) is 16.5. The Morgan fingerprint density at radius 2 is 1.15 bits per heavy atom. The van der Waals surface area contributed by atoms with Gasteiger partial charge in [-0.15, -0.1) is 0 Å². The van der Waals surface area contributed by atoms with E-state index < -0.39 is 0 Å². The number of unbranched alkanes of at least 4 members (excludes halogenated alkanes) is 1. The third-order valence-corrected chi connectivity index (χ3v) is 9.13. The van der Waals surface area contributed by atoms with Crippen molar-refractivity contribution in [3.05, 3.63) is 139 Å². The topological polar surface area (TPSA) is 65.0 Å². The van der Waals surface area contributed by atoms with Crippen LogP contribution in [0, 0.1) is 0 Å². The minimum absolute atomic E-state index is 0.583. The summed E-state index contributed by atoms with van der Waals surface area (Å²) < 4.78 is 13.0. The van der Waals surface area contributed by atoms with Crippen LogP contribution in [0.15, 0.2) is 142 Å². The molecule has 0 radical (unpaired) electrons. The van der Waals surface area contributed by atoms with Crippen molar-refractivity contribution in [2.24, 2.45) is 0 Å². The van der Waals surface area contributed by atoms with Crippen LogP contribution in [0.5, 0.6) is 0 Å². The normalized spacial score (nSPS) is 11.7. The maximum atomic E-state index is 6.55. The number of fused-ring (bicyclic) bond motifs is 6. The van der Waals surface area contributed by atoms with Gasteiger partial charge in [0.1, 0.15) is 22.3 Å². The Labute approximate surface area is 277 Å². The van der Waals surface area contributed by atoms with Crippen LogP contribution in [0.2, 0.25) is 0 Å². The zero-order chi connectivity index (χ0) is 32.0. The van der Waals surface area contributed by atoms with Gasteiger partial charge in [-0.2, -0.15) is 0 Å². The van der Waals surface area contributed by atoms with E-state index >= 15 is 0 Å². The molecule has 0 atom stereocenters. The molecule has 0 unspecified atom stereocenters. The molecule has 0 aliphatic heterocycles. The van der Waals surface area contributed by atoms with E-state index in [4.69, 9.17) is 23.8 Å². The van der Waals surface area contributed by atoms with Crippen molar-refractivity contribution in [3.63, 3.8) is 0 Å². The molecule has 0 fully saturated rings. The van der Waals surface area contributed by atoms with E-state index in [0.29, 0.717) is 17.5 Å². The Bertz CT molecular complexity index is 2600. The minimum atomic E-state index is 0.583. The Morgan fingerprint density at radius 1 is 0.479 bits per heavy atom. The van der Waals surface area contributed by atoms with Gasteiger partial charge < -0.3 is 8.83 Å². The zero-order valence-corrected chi connectivity index (χ0v) is 26.5. The molecule has 0 saturated carbocycles. The van der Waals surface area contributed by atoms with E-state index in [9.17, 15) is 0 Å². The third kappa shape index (κ3) is 4.83. The van der Waals surface area contributed by atoms with E-state index in [2.05, 4.69) is 79.7 Å². The molecule has 0 saturated heterocycles. The number of furan rings is 2. The Kier molecular flexibility index (Phi) is 6.82. The summed E-state index contributed by atoms with van der Waals surface area (Å²) in [5.41, 5.74) is 9.49. The molecule has 3 heterocycles. The summed E-state index contributed by atoms with van der Waals surface area (Å²) in [6.45, 7) is 2.22. The third-order valence-electron chi connectivity index (χ3n) is 9.13. The first kappa shape index (κ1) is 28.2. The molecule has 5 nitrogen and oxygen atoms in total. The number of nitrogens with zero attached hydrogens (tertiary/aromatic N) is 3. The van der Waals surface area contributed by atoms with Crippen molar-refractivity contribution in [2.75, 3.05) is 0 Å². The van der Waals surface area contributed by atoms with Crippen LogP contribution in [0.25, 0.3) is 89.2 Å². The summed E-state index contributed by atoms with van der Waals surface area (Å²) >= 11 is 0. The summed E-state index contributed by atoms with van der Waals surface area (Å²) in [5.74, 6) is 1.78. The molecular formula is C43H31N3O2. The van der Waals surface area contributed by atoms with Crippen molar-refractivity contribution in [1.82, 2.24) is 15.0 Å². The Hall–Kier alpha value is -6.07. The molecule has 3 aromatic heterocycles. The van der Waals surface area contributed by atoms with Crippen LogP contribution in [0.3, 0.4) is 0 Å². The van der Waals surface area contributed by atoms with Gasteiger partial charge in [-0.1, -0.05) is 123 Å². The van der Waals surface area contributed by atoms with Gasteiger partial charge in [0.15, 0.2) is 17.5 Å². The van der Waals surface area contributed by atoms with Crippen LogP contribution < -0.4 is 0 Å². The average molecular weight is 622 g/mol. The molecular weight excluding hydrogens is 590 g/mol. The van der Waals surface area contributed by atoms with E-state index in [1.54, 1.807) is 0 Å². The van der Waals surface area contributed by atoms with Gasteiger partial charge in [0, 0.05) is 43.8 Å². The van der Waals surface area contributed by atoms with E-state index in [1.165, 1.54) is 12.0 Å². The molecule has 230 valence electrons. The average Bonchev–Trinajstić information content (AvgIpc) is 3.72. The lowest BCUT2D eigenvalue weighted by molar-refractivity contribution is 0.667. The summed E-state index contributed by atoms with van der Waals surface area (Å²) in [5, 5.41) is 4.20. The number of hydrogen-bond donors (Lipinski definition) is 0. The second kappa shape index (κ2) is 11.6. The fourth-order valence-corrected chi connectivity index (χ4v) is 6.72. The fourth-order valence-electron chi connectivity index (χ4n) is 6.72. The first-order valence-electron chi connectivity index (χ1n) is 16.5. The number of rotatable bonds is 7. The largest absolute Gasteiger partial charge is 0.456 e. The van der Waals surface area contributed by atoms with Crippen molar-refractivity contribution >= 4 is 43.9 Å². The molecule has 6 aromatic carbocycles. The molecule has 0 aliphatic carbocycles. The highest BCUT2D eigenvalue weighted by Gasteiger charge is 2.20. The highest BCUT2D eigenvalue weighted by atomic mass is 16.3. The van der Waals surface area contributed by atoms with Crippen LogP contribution >= 0.6 is 0 Å². The van der Waals surface area contributed by atoms with Crippen molar-refractivity contribution < 1.29 is 8.83 Å². The highest BCUT2D eigenvalue weighted by molar-refractivity contribution is 6.15. The molecule has 0 aliphatic rings. The zero-order valence-electron chi connectivity index (χ0n) is 26.5. The smallest absolute Gasteiger partial charge is 0.164 e. The molecule has 9 rings (SSSR count). The number of aromatic nitrogens is 3. The van der Waals surface area contributed by atoms with Gasteiger partial charge in [-0.25, -0.2) is 15.0 Å². The summed E-state index contributed by atoms with van der Waals surface area (Å²) in [7, 11) is 0. The van der Waals surface area contributed by atoms with Crippen molar-refractivity contribution in [3.8, 4) is 45.3 Å². The molecule has 0 spiro atoms. The molecule has 0 N–H and O–H groups in total. The lowest BCUT2D eigenvalue weighted by atomic mass is 10.0. The minimum Gasteiger partial charge on any atom is -0.456 e. The summed E-state index contributed by atoms with van der Waals surface area (Å²) in [6.07, 6.45) is 3.38. The lowest BCUT2D eigenvalue weighted by Crippen LogP contribution is -2.00. The van der Waals surface area contributed by atoms with Crippen LogP contribution in [0.4, 0.5) is 0 Å². The van der Waals surface area contributed by atoms with Gasteiger partial charge in [0.2, 0.25) is 0 Å². The maximum Gasteiger partial charge on any atom is 0.164 e. The van der Waals surface area contributed by atoms with Crippen LogP contribution in [-0.4, -0.2) is 15.0 Å². The fraction of sp³-hybridized carbons (Fsp3) is 0.0930. The van der Waals surface area contributed by atoms with Gasteiger partial charge in [0.25, 0.3) is 0 Å². The van der Waals surface area contributed by atoms with Crippen LogP contribution in [-0.2, 0) is 6.42 Å². The predicted molar refractivity (Wildman–Crippen MR) is 195 cm³/mol. The second-order valence-corrected chi connectivity index (χ2v) is 12.2.